The molecule has 0 spiro atoms. The van der Waals surface area contributed by atoms with Crippen LogP contribution in [0.2, 0.25) is 0 Å². The first kappa shape index (κ1) is 17.1. The molecule has 3 N–H and O–H groups in total. The van der Waals surface area contributed by atoms with Crippen molar-refractivity contribution >= 4 is 6.09 Å². The molecule has 5 nitrogen and oxygen atoms in total. The zero-order valence-corrected chi connectivity index (χ0v) is 13.3. The normalized spacial score (nSPS) is 13.0. The Hall–Kier alpha value is -1.91. The van der Waals surface area contributed by atoms with Gasteiger partial charge in [-0.15, -0.1) is 0 Å². The van der Waals surface area contributed by atoms with Crippen LogP contribution in [0.25, 0.3) is 0 Å². The summed E-state index contributed by atoms with van der Waals surface area (Å²) in [6.07, 6.45) is -0.0715. The number of carbonyl (C=O) groups excluding carboxylic acids is 1. The molecule has 0 radical (unpaired) electrons. The molecule has 0 fully saturated rings. The molecule has 0 aliphatic carbocycles. The molecule has 0 aromatic heterocycles. The lowest BCUT2D eigenvalue weighted by atomic mass is 9.96. The number of hydrogen-bond donors (Lipinski definition) is 3. The van der Waals surface area contributed by atoms with E-state index in [1.54, 1.807) is 20.8 Å². The van der Waals surface area contributed by atoms with Crippen LogP contribution in [-0.2, 0) is 11.2 Å². The van der Waals surface area contributed by atoms with Crippen LogP contribution in [-0.4, -0.2) is 27.9 Å². The summed E-state index contributed by atoms with van der Waals surface area (Å²) >= 11 is 0. The van der Waals surface area contributed by atoms with Gasteiger partial charge in [-0.2, -0.15) is 0 Å². The molecule has 0 saturated carbocycles. The Kier molecular flexibility index (Phi) is 5.47. The number of ether oxygens (including phenoxy) is 1. The van der Waals surface area contributed by atoms with Gasteiger partial charge in [0.25, 0.3) is 0 Å². The number of phenols is 2. The van der Waals surface area contributed by atoms with E-state index in [2.05, 4.69) is 5.32 Å². The highest BCUT2D eigenvalue weighted by molar-refractivity contribution is 5.68. The van der Waals surface area contributed by atoms with Crippen molar-refractivity contribution in [2.24, 2.45) is 5.92 Å². The van der Waals surface area contributed by atoms with Crippen molar-refractivity contribution in [3.8, 4) is 11.5 Å². The molecule has 118 valence electrons. The van der Waals surface area contributed by atoms with Gasteiger partial charge in [-0.25, -0.2) is 4.79 Å². The Bertz CT molecular complexity index is 492. The zero-order chi connectivity index (χ0) is 16.2. The van der Waals surface area contributed by atoms with Gasteiger partial charge < -0.3 is 20.3 Å². The van der Waals surface area contributed by atoms with Crippen molar-refractivity contribution in [1.82, 2.24) is 5.32 Å². The highest BCUT2D eigenvalue weighted by atomic mass is 16.6. The third-order valence-corrected chi connectivity index (χ3v) is 3.01. The quantitative estimate of drug-likeness (QED) is 0.745. The fourth-order valence-corrected chi connectivity index (χ4v) is 1.88. The predicted octanol–water partition coefficient (Wildman–Crippen LogP) is 3.19. The maximum Gasteiger partial charge on any atom is 0.407 e. The van der Waals surface area contributed by atoms with Crippen molar-refractivity contribution in [2.75, 3.05) is 0 Å². The predicted molar refractivity (Wildman–Crippen MR) is 81.5 cm³/mol. The Balaban J connectivity index is 2.79. The van der Waals surface area contributed by atoms with Gasteiger partial charge in [0.05, 0.1) is 0 Å². The average Bonchev–Trinajstić information content (AvgIpc) is 2.30. The van der Waals surface area contributed by atoms with Gasteiger partial charge in [-0.1, -0.05) is 13.8 Å². The molecule has 0 heterocycles. The lowest BCUT2D eigenvalue weighted by Gasteiger charge is -2.26. The Morgan fingerprint density at radius 2 is 1.90 bits per heavy atom. The van der Waals surface area contributed by atoms with Gasteiger partial charge in [-0.3, -0.25) is 0 Å². The number of nitrogens with one attached hydrogen (secondary N) is 1. The number of rotatable bonds is 4. The summed E-state index contributed by atoms with van der Waals surface area (Å²) in [5.74, 6) is 0.339. The van der Waals surface area contributed by atoms with Crippen LogP contribution < -0.4 is 5.32 Å². The number of carbonyl (C=O) groups is 1. The first-order chi connectivity index (χ1) is 9.58. The van der Waals surface area contributed by atoms with Crippen LogP contribution in [0.15, 0.2) is 18.2 Å². The summed E-state index contributed by atoms with van der Waals surface area (Å²) < 4.78 is 5.25. The van der Waals surface area contributed by atoms with Gasteiger partial charge in [-0.05, 0) is 56.9 Å². The second-order valence-corrected chi connectivity index (χ2v) is 6.51. The monoisotopic (exact) mass is 295 g/mol. The van der Waals surface area contributed by atoms with E-state index in [0.29, 0.717) is 12.0 Å². The van der Waals surface area contributed by atoms with E-state index in [1.807, 2.05) is 13.8 Å². The van der Waals surface area contributed by atoms with Crippen LogP contribution in [0.3, 0.4) is 0 Å². The molecule has 21 heavy (non-hydrogen) atoms. The standard InChI is InChI=1S/C16H25NO4/c1-10(2)13(17-15(20)21-16(3,4)5)9-11-8-12(18)6-7-14(11)19/h6-8,10,13,18-19H,9H2,1-5H3,(H,17,20). The molecule has 0 aliphatic rings. The fourth-order valence-electron chi connectivity index (χ4n) is 1.88. The molecule has 1 amide bonds. The molecule has 1 rings (SSSR count). The van der Waals surface area contributed by atoms with Crippen LogP contribution >= 0.6 is 0 Å². The molecule has 1 atom stereocenters. The molecular weight excluding hydrogens is 270 g/mol. The van der Waals surface area contributed by atoms with Crippen LogP contribution in [0.1, 0.15) is 40.2 Å². The van der Waals surface area contributed by atoms with Crippen LogP contribution in [0.4, 0.5) is 4.79 Å². The molecule has 1 aromatic carbocycles. The molecule has 5 heteroatoms. The second kappa shape index (κ2) is 6.70. The maximum atomic E-state index is 11.9. The summed E-state index contributed by atoms with van der Waals surface area (Å²) in [6, 6.07) is 4.16. The number of amides is 1. The summed E-state index contributed by atoms with van der Waals surface area (Å²) in [5, 5.41) is 22.1. The van der Waals surface area contributed by atoms with E-state index in [0.717, 1.165) is 0 Å². The van der Waals surface area contributed by atoms with Gasteiger partial charge in [0.15, 0.2) is 0 Å². The summed E-state index contributed by atoms with van der Waals surface area (Å²) in [4.78, 5) is 11.9. The van der Waals surface area contributed by atoms with Crippen molar-refractivity contribution < 1.29 is 19.7 Å². The lowest BCUT2D eigenvalue weighted by Crippen LogP contribution is -2.43. The lowest BCUT2D eigenvalue weighted by molar-refractivity contribution is 0.0490. The van der Waals surface area contributed by atoms with Crippen LogP contribution in [0, 0.1) is 5.92 Å². The molecule has 0 aliphatic heterocycles. The van der Waals surface area contributed by atoms with E-state index in [9.17, 15) is 15.0 Å². The van der Waals surface area contributed by atoms with Crippen molar-refractivity contribution in [3.05, 3.63) is 23.8 Å². The van der Waals surface area contributed by atoms with E-state index in [-0.39, 0.29) is 23.5 Å². The first-order valence-electron chi connectivity index (χ1n) is 7.09. The molecule has 0 saturated heterocycles. The van der Waals surface area contributed by atoms with Crippen LogP contribution in [0.5, 0.6) is 11.5 Å². The van der Waals surface area contributed by atoms with Gasteiger partial charge in [0.2, 0.25) is 0 Å². The van der Waals surface area contributed by atoms with Crippen molar-refractivity contribution in [3.63, 3.8) is 0 Å². The second-order valence-electron chi connectivity index (χ2n) is 6.51. The topological polar surface area (TPSA) is 78.8 Å². The Morgan fingerprint density at radius 3 is 2.43 bits per heavy atom. The van der Waals surface area contributed by atoms with Crippen molar-refractivity contribution in [1.29, 1.82) is 0 Å². The number of alkyl carbamates (subject to hydrolysis) is 1. The largest absolute Gasteiger partial charge is 0.508 e. The number of aromatic hydroxyl groups is 2. The third-order valence-electron chi connectivity index (χ3n) is 3.01. The van der Waals surface area contributed by atoms with E-state index >= 15 is 0 Å². The number of benzene rings is 1. The zero-order valence-electron chi connectivity index (χ0n) is 13.3. The minimum atomic E-state index is -0.557. The summed E-state index contributed by atoms with van der Waals surface area (Å²) in [6.45, 7) is 9.36. The fraction of sp³-hybridized carbons (Fsp3) is 0.562. The summed E-state index contributed by atoms with van der Waals surface area (Å²) in [5.41, 5.74) is 0.0310. The smallest absolute Gasteiger partial charge is 0.407 e. The average molecular weight is 295 g/mol. The van der Waals surface area contributed by atoms with E-state index in [4.69, 9.17) is 4.74 Å². The maximum absolute atomic E-state index is 11.9. The van der Waals surface area contributed by atoms with E-state index in [1.165, 1.54) is 18.2 Å². The Morgan fingerprint density at radius 1 is 1.29 bits per heavy atom. The van der Waals surface area contributed by atoms with Gasteiger partial charge in [0.1, 0.15) is 17.1 Å². The minimum absolute atomic E-state index is 0.0857. The van der Waals surface area contributed by atoms with Crippen molar-refractivity contribution in [2.45, 2.75) is 52.7 Å². The van der Waals surface area contributed by atoms with E-state index < -0.39 is 11.7 Å². The number of hydrogen-bond acceptors (Lipinski definition) is 4. The minimum Gasteiger partial charge on any atom is -0.508 e. The first-order valence-corrected chi connectivity index (χ1v) is 7.09. The summed E-state index contributed by atoms with van der Waals surface area (Å²) in [7, 11) is 0. The Labute approximate surface area is 125 Å². The van der Waals surface area contributed by atoms with Gasteiger partial charge in [0, 0.05) is 6.04 Å². The highest BCUT2D eigenvalue weighted by Crippen LogP contribution is 2.24. The highest BCUT2D eigenvalue weighted by Gasteiger charge is 2.22. The molecule has 0 bridgehead atoms. The molecule has 1 unspecified atom stereocenters. The van der Waals surface area contributed by atoms with Gasteiger partial charge >= 0.3 is 6.09 Å². The molecular formula is C16H25NO4. The third kappa shape index (κ3) is 5.94. The molecule has 1 aromatic rings. The SMILES string of the molecule is CC(C)C(Cc1cc(O)ccc1O)NC(=O)OC(C)(C)C. The number of phenolic OH excluding ortho intramolecular Hbond substituents is 2.